The molecule has 0 aliphatic carbocycles. The maximum atomic E-state index is 12.9. The minimum Gasteiger partial charge on any atom is -0.486 e. The van der Waals surface area contributed by atoms with Gasteiger partial charge in [0.2, 0.25) is 5.91 Å². The van der Waals surface area contributed by atoms with Crippen LogP contribution in [0.5, 0.6) is 11.5 Å². The second-order valence-electron chi connectivity index (χ2n) is 8.90. The summed E-state index contributed by atoms with van der Waals surface area (Å²) >= 11 is 0. The van der Waals surface area contributed by atoms with E-state index in [2.05, 4.69) is 10.2 Å². The molecule has 0 spiro atoms. The fourth-order valence-electron chi connectivity index (χ4n) is 4.22. The van der Waals surface area contributed by atoms with Crippen molar-refractivity contribution >= 4 is 17.5 Å². The number of ether oxygens (including phenoxy) is 2. The predicted octanol–water partition coefficient (Wildman–Crippen LogP) is 2.62. The number of nitrogens with one attached hydrogen (secondary N) is 1. The number of carbonyl (C=O) groups excluding carboxylic acids is 3. The first kappa shape index (κ1) is 22.3. The lowest BCUT2D eigenvalue weighted by Gasteiger charge is -2.32. The molecule has 1 N–H and O–H groups in total. The van der Waals surface area contributed by atoms with Gasteiger partial charge >= 0.3 is 0 Å². The van der Waals surface area contributed by atoms with Gasteiger partial charge in [0.15, 0.2) is 17.3 Å². The maximum absolute atomic E-state index is 12.9. The molecule has 164 valence electrons. The van der Waals surface area contributed by atoms with Crippen molar-refractivity contribution in [1.29, 1.82) is 0 Å². The van der Waals surface area contributed by atoms with E-state index in [0.29, 0.717) is 49.7 Å². The van der Waals surface area contributed by atoms with Crippen LogP contribution in [0.1, 0.15) is 56.8 Å². The van der Waals surface area contributed by atoms with E-state index in [1.54, 1.807) is 6.07 Å². The Bertz CT molecular complexity index is 797. The Morgan fingerprint density at radius 1 is 1.10 bits per heavy atom. The molecule has 0 radical (unpaired) electrons. The summed E-state index contributed by atoms with van der Waals surface area (Å²) in [5.74, 6) is 1.49. The van der Waals surface area contributed by atoms with Gasteiger partial charge in [-0.3, -0.25) is 14.4 Å². The average Bonchev–Trinajstić information content (AvgIpc) is 2.70. The molecular weight excluding hydrogens is 384 g/mol. The van der Waals surface area contributed by atoms with Crippen molar-refractivity contribution in [3.63, 3.8) is 0 Å². The fourth-order valence-corrected chi connectivity index (χ4v) is 4.22. The molecule has 0 unspecified atom stereocenters. The van der Waals surface area contributed by atoms with Gasteiger partial charge < -0.3 is 19.7 Å². The quantitative estimate of drug-likeness (QED) is 0.656. The van der Waals surface area contributed by atoms with E-state index in [1.165, 1.54) is 6.92 Å². The summed E-state index contributed by atoms with van der Waals surface area (Å²) in [6.07, 6.45) is 2.28. The zero-order valence-electron chi connectivity index (χ0n) is 18.2. The van der Waals surface area contributed by atoms with Gasteiger partial charge in [-0.1, -0.05) is 0 Å². The lowest BCUT2D eigenvalue weighted by atomic mass is 9.88. The van der Waals surface area contributed by atoms with Gasteiger partial charge in [-0.25, -0.2) is 0 Å². The lowest BCUT2D eigenvalue weighted by Crippen LogP contribution is -2.46. The Kier molecular flexibility index (Phi) is 7.13. The molecule has 7 nitrogen and oxygen atoms in total. The molecule has 1 aromatic rings. The lowest BCUT2D eigenvalue weighted by molar-refractivity contribution is -0.124. The molecule has 1 fully saturated rings. The van der Waals surface area contributed by atoms with E-state index in [0.717, 1.165) is 25.9 Å². The van der Waals surface area contributed by atoms with Crippen molar-refractivity contribution in [1.82, 2.24) is 10.2 Å². The third-order valence-corrected chi connectivity index (χ3v) is 5.61. The number of ketones is 2. The summed E-state index contributed by atoms with van der Waals surface area (Å²) in [6, 6.07) is 5.41. The molecule has 7 heteroatoms. The molecule has 2 aliphatic heterocycles. The Labute approximate surface area is 178 Å². The Balaban J connectivity index is 1.44. The molecule has 1 amide bonds. The summed E-state index contributed by atoms with van der Waals surface area (Å²) in [5, 5.41) is 2.94. The zero-order valence-corrected chi connectivity index (χ0v) is 18.2. The molecule has 1 aromatic carbocycles. The van der Waals surface area contributed by atoms with Gasteiger partial charge in [0, 0.05) is 36.4 Å². The Morgan fingerprint density at radius 3 is 2.43 bits per heavy atom. The monoisotopic (exact) mass is 416 g/mol. The van der Waals surface area contributed by atoms with Crippen LogP contribution in [-0.4, -0.2) is 60.8 Å². The Morgan fingerprint density at radius 2 is 1.77 bits per heavy atom. The molecule has 1 saturated heterocycles. The topological polar surface area (TPSA) is 84.9 Å². The predicted molar refractivity (Wildman–Crippen MR) is 113 cm³/mol. The van der Waals surface area contributed by atoms with Crippen LogP contribution in [0.3, 0.4) is 0 Å². The van der Waals surface area contributed by atoms with E-state index in [-0.39, 0.29) is 23.4 Å². The number of fused-ring (bicyclic) bond motifs is 1. The third kappa shape index (κ3) is 6.05. The summed E-state index contributed by atoms with van der Waals surface area (Å²) in [5.41, 5.74) is 0.149. The number of nitrogens with zero attached hydrogens (tertiary/aromatic N) is 1. The van der Waals surface area contributed by atoms with Crippen LogP contribution in [0.4, 0.5) is 0 Å². The van der Waals surface area contributed by atoms with E-state index in [1.807, 2.05) is 26.0 Å². The van der Waals surface area contributed by atoms with E-state index in [9.17, 15) is 14.4 Å². The largest absolute Gasteiger partial charge is 0.486 e. The highest BCUT2D eigenvalue weighted by Gasteiger charge is 2.28. The highest BCUT2D eigenvalue weighted by Crippen LogP contribution is 2.32. The van der Waals surface area contributed by atoms with Crippen LogP contribution >= 0.6 is 0 Å². The first-order chi connectivity index (χ1) is 14.2. The van der Waals surface area contributed by atoms with Gasteiger partial charge in [0.25, 0.3) is 0 Å². The van der Waals surface area contributed by atoms with E-state index < -0.39 is 5.54 Å². The van der Waals surface area contributed by atoms with Crippen molar-refractivity contribution in [3.05, 3.63) is 23.8 Å². The van der Waals surface area contributed by atoms with Gasteiger partial charge in [-0.2, -0.15) is 0 Å². The van der Waals surface area contributed by atoms with Gasteiger partial charge in [0.1, 0.15) is 19.0 Å². The molecule has 3 rings (SSSR count). The number of rotatable bonds is 8. The molecule has 2 heterocycles. The summed E-state index contributed by atoms with van der Waals surface area (Å²) in [7, 11) is 0. The smallest absolute Gasteiger partial charge is 0.221 e. The van der Waals surface area contributed by atoms with Crippen molar-refractivity contribution in [2.75, 3.05) is 32.8 Å². The van der Waals surface area contributed by atoms with Crippen molar-refractivity contribution in [2.24, 2.45) is 5.92 Å². The molecular formula is C23H32N2O5. The van der Waals surface area contributed by atoms with Crippen LogP contribution in [0.15, 0.2) is 18.2 Å². The standard InChI is InChI=1S/C23H32N2O5/c1-16(26)15-23(2,3)24-21(27)8-11-25-9-6-17(7-10-25)22(28)18-4-5-19-20(14-18)30-13-12-29-19/h4-5,14,17H,6-13,15H2,1-3H3,(H,24,27). The maximum Gasteiger partial charge on any atom is 0.221 e. The van der Waals surface area contributed by atoms with Crippen LogP contribution < -0.4 is 14.8 Å². The van der Waals surface area contributed by atoms with Gasteiger partial charge in [0.05, 0.1) is 0 Å². The summed E-state index contributed by atoms with van der Waals surface area (Å²) in [6.45, 7) is 8.55. The number of likely N-dealkylation sites (tertiary alicyclic amines) is 1. The van der Waals surface area contributed by atoms with E-state index in [4.69, 9.17) is 9.47 Å². The fraction of sp³-hybridized carbons (Fsp3) is 0.609. The van der Waals surface area contributed by atoms with Crippen molar-refractivity contribution in [3.8, 4) is 11.5 Å². The average molecular weight is 417 g/mol. The first-order valence-corrected chi connectivity index (χ1v) is 10.7. The molecule has 30 heavy (non-hydrogen) atoms. The van der Waals surface area contributed by atoms with Crippen LogP contribution in [0.2, 0.25) is 0 Å². The van der Waals surface area contributed by atoms with Gasteiger partial charge in [-0.15, -0.1) is 0 Å². The number of hydrogen-bond acceptors (Lipinski definition) is 6. The number of hydrogen-bond donors (Lipinski definition) is 1. The minimum atomic E-state index is -0.522. The Hall–Kier alpha value is -2.41. The number of Topliss-reactive ketones (excluding diaryl/α,β-unsaturated/α-hetero) is 2. The highest BCUT2D eigenvalue weighted by molar-refractivity contribution is 5.98. The van der Waals surface area contributed by atoms with Crippen LogP contribution in [0.25, 0.3) is 0 Å². The summed E-state index contributed by atoms with van der Waals surface area (Å²) < 4.78 is 11.1. The van der Waals surface area contributed by atoms with Gasteiger partial charge in [-0.05, 0) is 64.9 Å². The molecule has 0 bridgehead atoms. The van der Waals surface area contributed by atoms with Crippen molar-refractivity contribution < 1.29 is 23.9 Å². The van der Waals surface area contributed by atoms with Crippen molar-refractivity contribution in [2.45, 2.75) is 52.0 Å². The summed E-state index contributed by atoms with van der Waals surface area (Å²) in [4.78, 5) is 38.7. The zero-order chi connectivity index (χ0) is 21.7. The molecule has 0 saturated carbocycles. The number of amides is 1. The number of piperidine rings is 1. The highest BCUT2D eigenvalue weighted by atomic mass is 16.6. The molecule has 0 atom stereocenters. The normalized spacial score (nSPS) is 17.4. The van der Waals surface area contributed by atoms with Crippen LogP contribution in [0, 0.1) is 5.92 Å². The molecule has 0 aromatic heterocycles. The minimum absolute atomic E-state index is 0.00728. The second kappa shape index (κ2) is 9.60. The third-order valence-electron chi connectivity index (χ3n) is 5.61. The van der Waals surface area contributed by atoms with Crippen LogP contribution in [-0.2, 0) is 9.59 Å². The number of benzene rings is 1. The second-order valence-corrected chi connectivity index (χ2v) is 8.90. The SMILES string of the molecule is CC(=O)CC(C)(C)NC(=O)CCN1CCC(C(=O)c2ccc3c(c2)OCCO3)CC1. The first-order valence-electron chi connectivity index (χ1n) is 10.7. The number of carbonyl (C=O) groups is 3. The molecule has 2 aliphatic rings. The van der Waals surface area contributed by atoms with E-state index >= 15 is 0 Å².